The average Bonchev–Trinajstić information content (AvgIpc) is 2.29. The van der Waals surface area contributed by atoms with Gasteiger partial charge >= 0.3 is 4.82 Å². The summed E-state index contributed by atoms with van der Waals surface area (Å²) in [5, 5.41) is -0.257. The van der Waals surface area contributed by atoms with E-state index in [1.54, 1.807) is 13.0 Å². The molecule has 2 N–H and O–H groups in total. The minimum Gasteiger partial charge on any atom is -0.326 e. The van der Waals surface area contributed by atoms with Crippen LogP contribution in [-0.4, -0.2) is 16.0 Å². The molecule has 0 bridgehead atoms. The van der Waals surface area contributed by atoms with Crippen molar-refractivity contribution in [1.29, 1.82) is 0 Å². The largest absolute Gasteiger partial charge is 0.326 e. The lowest BCUT2D eigenvalue weighted by molar-refractivity contribution is -0.117. The molecule has 0 aliphatic carbocycles. The van der Waals surface area contributed by atoms with Crippen LogP contribution in [0.25, 0.3) is 0 Å². The van der Waals surface area contributed by atoms with Crippen molar-refractivity contribution in [3.63, 3.8) is 0 Å². The van der Waals surface area contributed by atoms with E-state index in [0.29, 0.717) is 12.2 Å². The Morgan fingerprint density at radius 3 is 2.88 bits per heavy atom. The van der Waals surface area contributed by atoms with Gasteiger partial charge < -0.3 is 5.73 Å². The van der Waals surface area contributed by atoms with Crippen LogP contribution in [0.1, 0.15) is 12.5 Å². The van der Waals surface area contributed by atoms with Gasteiger partial charge in [-0.15, -0.1) is 11.8 Å². The molecule has 1 aromatic rings. The molecular formula is C11H11BrN2O2S. The van der Waals surface area contributed by atoms with Crippen LogP contribution in [0.2, 0.25) is 0 Å². The minimum absolute atomic E-state index is 0.210. The minimum atomic E-state index is -0.440. The fraction of sp³-hybridized carbons (Fsp3) is 0.273. The van der Waals surface area contributed by atoms with Gasteiger partial charge in [0.2, 0.25) is 5.91 Å². The second-order valence-corrected chi connectivity index (χ2v) is 5.75. The predicted molar refractivity (Wildman–Crippen MR) is 71.5 cm³/mol. The molecule has 1 atom stereocenters. The van der Waals surface area contributed by atoms with E-state index < -0.39 is 4.82 Å². The molecule has 90 valence electrons. The van der Waals surface area contributed by atoms with E-state index in [1.807, 2.05) is 12.1 Å². The molecule has 0 aromatic heterocycles. The predicted octanol–water partition coefficient (Wildman–Crippen LogP) is 2.49. The molecule has 2 rings (SSSR count). The Morgan fingerprint density at radius 2 is 2.29 bits per heavy atom. The molecule has 1 unspecified atom stereocenters. The zero-order chi connectivity index (χ0) is 12.6. The molecule has 6 heteroatoms. The van der Waals surface area contributed by atoms with Gasteiger partial charge in [0.05, 0.1) is 10.9 Å². The Morgan fingerprint density at radius 1 is 1.59 bits per heavy atom. The Balaban J connectivity index is 2.55. The van der Waals surface area contributed by atoms with Gasteiger partial charge in [0.1, 0.15) is 0 Å². The highest BCUT2D eigenvalue weighted by Gasteiger charge is 2.33. The second kappa shape index (κ2) is 4.80. The molecule has 4 nitrogen and oxygen atoms in total. The summed E-state index contributed by atoms with van der Waals surface area (Å²) in [7, 11) is 0. The number of carbonyl (C=O) groups is 2. The first-order chi connectivity index (χ1) is 8.04. The normalized spacial score (nSPS) is 19.1. The van der Waals surface area contributed by atoms with Crippen LogP contribution in [0.4, 0.5) is 10.5 Å². The van der Waals surface area contributed by atoms with Crippen molar-refractivity contribution in [3.05, 3.63) is 23.8 Å². The lowest BCUT2D eigenvalue weighted by Crippen LogP contribution is -2.41. The molecule has 1 aromatic carbocycles. The van der Waals surface area contributed by atoms with E-state index in [2.05, 4.69) is 15.9 Å². The van der Waals surface area contributed by atoms with Gasteiger partial charge in [-0.05, 0) is 24.6 Å². The van der Waals surface area contributed by atoms with Crippen molar-refractivity contribution in [3.8, 4) is 0 Å². The van der Waals surface area contributed by atoms with Crippen molar-refractivity contribution >= 4 is 44.1 Å². The van der Waals surface area contributed by atoms with Gasteiger partial charge in [0.15, 0.2) is 0 Å². The zero-order valence-electron chi connectivity index (χ0n) is 9.14. The molecule has 0 saturated heterocycles. The van der Waals surface area contributed by atoms with Gasteiger partial charge in [0.25, 0.3) is 0 Å². The van der Waals surface area contributed by atoms with Crippen LogP contribution in [0.15, 0.2) is 23.1 Å². The summed E-state index contributed by atoms with van der Waals surface area (Å²) < 4.78 is 0. The van der Waals surface area contributed by atoms with Gasteiger partial charge in [-0.3, -0.25) is 9.59 Å². The van der Waals surface area contributed by atoms with Crippen molar-refractivity contribution in [1.82, 2.24) is 0 Å². The van der Waals surface area contributed by atoms with E-state index in [0.717, 1.165) is 15.4 Å². The topological polar surface area (TPSA) is 63.4 Å². The summed E-state index contributed by atoms with van der Waals surface area (Å²) in [4.78, 5) is 25.1. The third kappa shape index (κ3) is 2.25. The fourth-order valence-electron chi connectivity index (χ4n) is 1.69. The maximum absolute atomic E-state index is 12.0. The maximum atomic E-state index is 12.0. The number of hydrogen-bond acceptors (Lipinski definition) is 4. The van der Waals surface area contributed by atoms with E-state index in [-0.39, 0.29) is 11.2 Å². The molecule has 2 amide bonds. The molecule has 17 heavy (non-hydrogen) atoms. The molecule has 0 fully saturated rings. The van der Waals surface area contributed by atoms with Gasteiger partial charge in [-0.2, -0.15) is 0 Å². The number of halogens is 1. The molecular weight excluding hydrogens is 304 g/mol. The Labute approximate surface area is 112 Å². The second-order valence-electron chi connectivity index (χ2n) is 3.69. The molecule has 1 aliphatic heterocycles. The van der Waals surface area contributed by atoms with Crippen molar-refractivity contribution in [2.45, 2.75) is 23.6 Å². The van der Waals surface area contributed by atoms with E-state index >= 15 is 0 Å². The van der Waals surface area contributed by atoms with Gasteiger partial charge in [0, 0.05) is 27.4 Å². The molecule has 1 aliphatic rings. The highest BCUT2D eigenvalue weighted by atomic mass is 79.9. The van der Waals surface area contributed by atoms with Crippen LogP contribution < -0.4 is 10.6 Å². The Bertz CT molecular complexity index is 492. The van der Waals surface area contributed by atoms with E-state index in [1.165, 1.54) is 11.8 Å². The SMILES string of the molecule is CC1Sc2ccc(CN)cc2N(C(=O)Br)C1=O. The van der Waals surface area contributed by atoms with Crippen LogP contribution >= 0.6 is 27.7 Å². The van der Waals surface area contributed by atoms with Gasteiger partial charge in [-0.25, -0.2) is 4.90 Å². The van der Waals surface area contributed by atoms with Crippen LogP contribution in [0.3, 0.4) is 0 Å². The summed E-state index contributed by atoms with van der Waals surface area (Å²) in [6.45, 7) is 2.17. The van der Waals surface area contributed by atoms with Crippen LogP contribution in [0, 0.1) is 0 Å². The average molecular weight is 315 g/mol. The number of carbonyl (C=O) groups excluding carboxylic acids is 2. The van der Waals surface area contributed by atoms with Crippen molar-refractivity contribution < 1.29 is 9.59 Å². The smallest absolute Gasteiger partial charge is 0.300 e. The number of amides is 2. The lowest BCUT2D eigenvalue weighted by Gasteiger charge is -2.29. The fourth-order valence-corrected chi connectivity index (χ4v) is 3.06. The van der Waals surface area contributed by atoms with Crippen molar-refractivity contribution in [2.75, 3.05) is 4.90 Å². The third-order valence-corrected chi connectivity index (χ3v) is 4.06. The van der Waals surface area contributed by atoms with Crippen molar-refractivity contribution in [2.24, 2.45) is 5.73 Å². The third-order valence-electron chi connectivity index (χ3n) is 2.55. The number of hydrogen-bond donors (Lipinski definition) is 1. The van der Waals surface area contributed by atoms with Crippen LogP contribution in [-0.2, 0) is 11.3 Å². The van der Waals surface area contributed by atoms with E-state index in [9.17, 15) is 9.59 Å². The first kappa shape index (κ1) is 12.6. The number of fused-ring (bicyclic) bond motifs is 1. The monoisotopic (exact) mass is 314 g/mol. The van der Waals surface area contributed by atoms with E-state index in [4.69, 9.17) is 5.73 Å². The Hall–Kier alpha value is -0.850. The maximum Gasteiger partial charge on any atom is 0.300 e. The number of nitrogens with two attached hydrogens (primary N) is 1. The number of anilines is 1. The summed E-state index contributed by atoms with van der Waals surface area (Å²) in [6.07, 6.45) is 0. The number of rotatable bonds is 1. The summed E-state index contributed by atoms with van der Waals surface area (Å²) in [5.41, 5.74) is 7.07. The molecule has 0 spiro atoms. The molecule has 1 heterocycles. The highest BCUT2D eigenvalue weighted by Crippen LogP contribution is 2.40. The quantitative estimate of drug-likeness (QED) is 0.639. The highest BCUT2D eigenvalue weighted by molar-refractivity contribution is 9.18. The number of nitrogens with zero attached hydrogens (tertiary/aromatic N) is 1. The first-order valence-electron chi connectivity index (χ1n) is 5.07. The number of imide groups is 1. The molecule has 0 saturated carbocycles. The summed E-state index contributed by atoms with van der Waals surface area (Å²) >= 11 is 4.30. The Kier molecular flexibility index (Phi) is 3.56. The first-order valence-corrected chi connectivity index (χ1v) is 6.75. The van der Waals surface area contributed by atoms with Crippen LogP contribution in [0.5, 0.6) is 0 Å². The van der Waals surface area contributed by atoms with Gasteiger partial charge in [-0.1, -0.05) is 6.07 Å². The number of benzene rings is 1. The zero-order valence-corrected chi connectivity index (χ0v) is 11.5. The summed E-state index contributed by atoms with van der Waals surface area (Å²) in [6, 6.07) is 5.59. The number of thioether (sulfide) groups is 1. The molecule has 0 radical (unpaired) electrons. The lowest BCUT2D eigenvalue weighted by atomic mass is 10.2. The summed E-state index contributed by atoms with van der Waals surface area (Å²) in [5.74, 6) is -0.210. The standard InChI is InChI=1S/C11H11BrN2O2S/c1-6-10(15)14(11(12)16)8-4-7(5-13)2-3-9(8)17-6/h2-4,6H,5,13H2,1H3.